The molecule has 0 radical (unpaired) electrons. The second kappa shape index (κ2) is 8.82. The smallest absolute Gasteiger partial charge is 0.318 e. The first kappa shape index (κ1) is 19.8. The van der Waals surface area contributed by atoms with Gasteiger partial charge in [-0.1, -0.05) is 29.4 Å². The monoisotopic (exact) mass is 387 g/mol. The molecule has 1 aliphatic heterocycles. The lowest BCUT2D eigenvalue weighted by molar-refractivity contribution is 0.0586. The van der Waals surface area contributed by atoms with Gasteiger partial charge in [0, 0.05) is 24.6 Å². The number of rotatable bonds is 6. The van der Waals surface area contributed by atoms with Crippen molar-refractivity contribution in [3.63, 3.8) is 0 Å². The van der Waals surface area contributed by atoms with Gasteiger partial charge in [0.15, 0.2) is 6.10 Å². The SMILES string of the molecule is CC(C)NC(=O)N(Cc1cccc(F)c1)C[C@H]1CC(c2cccc(F)c2)=NO1. The molecule has 0 aliphatic carbocycles. The van der Waals surface area contributed by atoms with Gasteiger partial charge in [0.1, 0.15) is 11.6 Å². The molecule has 7 heteroatoms. The van der Waals surface area contributed by atoms with Crippen molar-refractivity contribution in [1.29, 1.82) is 0 Å². The summed E-state index contributed by atoms with van der Waals surface area (Å²) in [5.74, 6) is -0.691. The van der Waals surface area contributed by atoms with Crippen LogP contribution in [0.4, 0.5) is 13.6 Å². The zero-order chi connectivity index (χ0) is 20.1. The maximum absolute atomic E-state index is 13.5. The van der Waals surface area contributed by atoms with Gasteiger partial charge in [-0.3, -0.25) is 0 Å². The molecule has 0 saturated carbocycles. The van der Waals surface area contributed by atoms with Crippen molar-refractivity contribution in [2.24, 2.45) is 5.16 Å². The molecule has 2 amide bonds. The van der Waals surface area contributed by atoms with E-state index in [1.165, 1.54) is 24.3 Å². The highest BCUT2D eigenvalue weighted by Crippen LogP contribution is 2.19. The predicted molar refractivity (Wildman–Crippen MR) is 103 cm³/mol. The number of benzene rings is 2. The molecule has 0 bridgehead atoms. The summed E-state index contributed by atoms with van der Waals surface area (Å²) in [5.41, 5.74) is 1.98. The standard InChI is InChI=1S/C21H23F2N3O2/c1-14(2)24-21(27)26(12-15-5-3-7-17(22)9-15)13-19-11-20(25-28-19)16-6-4-8-18(23)10-16/h3-10,14,19H,11-13H2,1-2H3,(H,24,27)/t19-/m1/s1. The average molecular weight is 387 g/mol. The van der Waals surface area contributed by atoms with Gasteiger partial charge in [-0.25, -0.2) is 13.6 Å². The lowest BCUT2D eigenvalue weighted by atomic mass is 10.0. The van der Waals surface area contributed by atoms with E-state index in [2.05, 4.69) is 10.5 Å². The molecule has 0 spiro atoms. The summed E-state index contributed by atoms with van der Waals surface area (Å²) in [5, 5.41) is 6.91. The molecule has 5 nitrogen and oxygen atoms in total. The van der Waals surface area contributed by atoms with Crippen molar-refractivity contribution in [3.8, 4) is 0 Å². The Kier molecular flexibility index (Phi) is 6.23. The third-order valence-electron chi connectivity index (χ3n) is 4.28. The van der Waals surface area contributed by atoms with Gasteiger partial charge in [0.05, 0.1) is 12.3 Å². The first-order valence-electron chi connectivity index (χ1n) is 9.19. The van der Waals surface area contributed by atoms with Crippen molar-refractivity contribution >= 4 is 11.7 Å². The Labute approximate surface area is 163 Å². The highest BCUT2D eigenvalue weighted by Gasteiger charge is 2.27. The Morgan fingerprint density at radius 3 is 2.61 bits per heavy atom. The van der Waals surface area contributed by atoms with Crippen LogP contribution >= 0.6 is 0 Å². The first-order chi connectivity index (χ1) is 13.4. The van der Waals surface area contributed by atoms with Gasteiger partial charge in [-0.05, 0) is 43.7 Å². The van der Waals surface area contributed by atoms with Crippen LogP contribution < -0.4 is 5.32 Å². The number of nitrogens with one attached hydrogen (secondary N) is 1. The van der Waals surface area contributed by atoms with Crippen LogP contribution in [0.2, 0.25) is 0 Å². The van der Waals surface area contributed by atoms with Crippen LogP contribution in [0.3, 0.4) is 0 Å². The van der Waals surface area contributed by atoms with Gasteiger partial charge < -0.3 is 15.1 Å². The lowest BCUT2D eigenvalue weighted by Gasteiger charge is -2.26. The van der Waals surface area contributed by atoms with E-state index >= 15 is 0 Å². The van der Waals surface area contributed by atoms with Gasteiger partial charge in [0.2, 0.25) is 0 Å². The molecule has 28 heavy (non-hydrogen) atoms. The Bertz CT molecular complexity index is 870. The molecule has 1 N–H and O–H groups in total. The van der Waals surface area contributed by atoms with E-state index in [1.54, 1.807) is 29.2 Å². The average Bonchev–Trinajstić information content (AvgIpc) is 3.09. The molecule has 148 valence electrons. The van der Waals surface area contributed by atoms with Gasteiger partial charge in [0.25, 0.3) is 0 Å². The number of oxime groups is 1. The van der Waals surface area contributed by atoms with Crippen LogP contribution in [0.15, 0.2) is 53.7 Å². The molecule has 1 heterocycles. The fourth-order valence-corrected chi connectivity index (χ4v) is 3.02. The molecule has 0 unspecified atom stereocenters. The Hall–Kier alpha value is -2.96. The minimum absolute atomic E-state index is 0.0360. The van der Waals surface area contributed by atoms with E-state index in [-0.39, 0.29) is 42.9 Å². The van der Waals surface area contributed by atoms with Crippen LogP contribution in [-0.2, 0) is 11.4 Å². The predicted octanol–water partition coefficient (Wildman–Crippen LogP) is 4.08. The number of amides is 2. The summed E-state index contributed by atoms with van der Waals surface area (Å²) in [6.07, 6.45) is 0.0997. The summed E-state index contributed by atoms with van der Waals surface area (Å²) in [6.45, 7) is 4.26. The minimum Gasteiger partial charge on any atom is -0.390 e. The minimum atomic E-state index is -0.357. The first-order valence-corrected chi connectivity index (χ1v) is 9.19. The largest absolute Gasteiger partial charge is 0.390 e. The van der Waals surface area contributed by atoms with Crippen molar-refractivity contribution in [3.05, 3.63) is 71.3 Å². The normalized spacial score (nSPS) is 15.9. The quantitative estimate of drug-likeness (QED) is 0.812. The van der Waals surface area contributed by atoms with Crippen molar-refractivity contribution in [2.45, 2.75) is 39.0 Å². The fourth-order valence-electron chi connectivity index (χ4n) is 3.02. The Balaban J connectivity index is 1.68. The molecule has 2 aromatic rings. The number of hydrogen-bond donors (Lipinski definition) is 1. The molecule has 0 saturated heterocycles. The van der Waals surface area contributed by atoms with Crippen LogP contribution in [0.5, 0.6) is 0 Å². The van der Waals surface area contributed by atoms with E-state index in [9.17, 15) is 13.6 Å². The molecule has 1 aliphatic rings. The van der Waals surface area contributed by atoms with Gasteiger partial charge in [-0.15, -0.1) is 0 Å². The second-order valence-electron chi connectivity index (χ2n) is 7.09. The van der Waals surface area contributed by atoms with E-state index in [1.807, 2.05) is 13.8 Å². The molecular weight excluding hydrogens is 364 g/mol. The Morgan fingerprint density at radius 2 is 1.93 bits per heavy atom. The molecule has 3 rings (SSSR count). The zero-order valence-electron chi connectivity index (χ0n) is 15.9. The molecular formula is C21H23F2N3O2. The van der Waals surface area contributed by atoms with Crippen LogP contribution in [0, 0.1) is 11.6 Å². The highest BCUT2D eigenvalue weighted by atomic mass is 19.1. The maximum Gasteiger partial charge on any atom is 0.318 e. The number of carbonyl (C=O) groups is 1. The van der Waals surface area contributed by atoms with Crippen LogP contribution in [0.25, 0.3) is 0 Å². The van der Waals surface area contributed by atoms with E-state index in [0.29, 0.717) is 23.3 Å². The number of hydrogen-bond acceptors (Lipinski definition) is 3. The third-order valence-corrected chi connectivity index (χ3v) is 4.28. The molecule has 1 atom stereocenters. The van der Waals surface area contributed by atoms with E-state index < -0.39 is 0 Å². The number of carbonyl (C=O) groups excluding carboxylic acids is 1. The number of urea groups is 1. The van der Waals surface area contributed by atoms with E-state index in [4.69, 9.17) is 4.84 Å². The molecule has 0 fully saturated rings. The van der Waals surface area contributed by atoms with Crippen molar-refractivity contribution < 1.29 is 18.4 Å². The third kappa shape index (κ3) is 5.28. The highest BCUT2D eigenvalue weighted by molar-refractivity contribution is 6.01. The van der Waals surface area contributed by atoms with Gasteiger partial charge in [-0.2, -0.15) is 0 Å². The lowest BCUT2D eigenvalue weighted by Crippen LogP contribution is -2.45. The number of nitrogens with zero attached hydrogens (tertiary/aromatic N) is 2. The summed E-state index contributed by atoms with van der Waals surface area (Å²) in [4.78, 5) is 19.7. The maximum atomic E-state index is 13.5. The van der Waals surface area contributed by atoms with E-state index in [0.717, 1.165) is 0 Å². The van der Waals surface area contributed by atoms with Crippen LogP contribution in [0.1, 0.15) is 31.4 Å². The topological polar surface area (TPSA) is 53.9 Å². The van der Waals surface area contributed by atoms with Crippen LogP contribution in [-0.4, -0.2) is 35.3 Å². The molecule has 2 aromatic carbocycles. The summed E-state index contributed by atoms with van der Waals surface area (Å²) < 4.78 is 27.0. The Morgan fingerprint density at radius 1 is 1.21 bits per heavy atom. The summed E-state index contributed by atoms with van der Waals surface area (Å²) in [7, 11) is 0. The second-order valence-corrected chi connectivity index (χ2v) is 7.09. The van der Waals surface area contributed by atoms with Gasteiger partial charge >= 0.3 is 6.03 Å². The van der Waals surface area contributed by atoms with Crippen molar-refractivity contribution in [2.75, 3.05) is 6.54 Å². The summed E-state index contributed by atoms with van der Waals surface area (Å²) in [6, 6.07) is 12.0. The summed E-state index contributed by atoms with van der Waals surface area (Å²) >= 11 is 0. The fraction of sp³-hybridized carbons (Fsp3) is 0.333. The number of halogens is 2. The molecule has 0 aromatic heterocycles. The zero-order valence-corrected chi connectivity index (χ0v) is 15.9. The van der Waals surface area contributed by atoms with Crippen molar-refractivity contribution in [1.82, 2.24) is 10.2 Å².